The summed E-state index contributed by atoms with van der Waals surface area (Å²) in [4.78, 5) is 20.4. The number of nitrogens with zero attached hydrogens (tertiary/aromatic N) is 4. The third-order valence-corrected chi connectivity index (χ3v) is 9.42. The minimum atomic E-state index is -1.25. The molecule has 9 nitrogen and oxygen atoms in total. The standard InChI is InChI=1S/C37H52FN5O4/c1-10-36(6,7)23-37(8)15-17-42(18-16-37)33-30(31(34(45)46-9)47-35(3,4)5)24(2)19-29-41-28(22-43(29)33)32(44)40-27(21-39)20-25-11-13-26(38)14-12-25/h11-14,19,22,27,31-32,40,44H,10,15-18,20,23H2,1-9H3. The van der Waals surface area contributed by atoms with Gasteiger partial charge in [-0.05, 0) is 87.1 Å². The van der Waals surface area contributed by atoms with E-state index in [-0.39, 0.29) is 23.1 Å². The lowest BCUT2D eigenvalue weighted by molar-refractivity contribution is -0.164. The summed E-state index contributed by atoms with van der Waals surface area (Å²) < 4.78 is 27.0. The third kappa shape index (κ3) is 8.89. The fourth-order valence-electron chi connectivity index (χ4n) is 6.72. The quantitative estimate of drug-likeness (QED) is 0.160. The smallest absolute Gasteiger partial charge is 0.339 e. The molecule has 1 aliphatic rings. The Bertz CT molecular complexity index is 1580. The number of anilines is 1. The van der Waals surface area contributed by atoms with E-state index in [0.29, 0.717) is 16.9 Å². The number of fused-ring (bicyclic) bond motifs is 1. The summed E-state index contributed by atoms with van der Waals surface area (Å²) in [6.45, 7) is 18.5. The van der Waals surface area contributed by atoms with Gasteiger partial charge in [0.2, 0.25) is 0 Å². The maximum atomic E-state index is 13.4. The Morgan fingerprint density at radius 1 is 1.19 bits per heavy atom. The summed E-state index contributed by atoms with van der Waals surface area (Å²) >= 11 is 0. The Kier molecular flexibility index (Phi) is 11.1. The number of hydrogen-bond acceptors (Lipinski definition) is 8. The van der Waals surface area contributed by atoms with Gasteiger partial charge in [-0.25, -0.2) is 14.2 Å². The molecule has 0 bridgehead atoms. The van der Waals surface area contributed by atoms with Crippen LogP contribution in [0.3, 0.4) is 0 Å². The number of aryl methyl sites for hydroxylation is 1. The molecule has 1 aliphatic heterocycles. The molecule has 0 radical (unpaired) electrons. The number of pyridine rings is 1. The number of nitriles is 1. The monoisotopic (exact) mass is 649 g/mol. The van der Waals surface area contributed by atoms with E-state index in [1.165, 1.54) is 19.2 Å². The van der Waals surface area contributed by atoms with Crippen molar-refractivity contribution in [3.05, 3.63) is 64.7 Å². The van der Waals surface area contributed by atoms with E-state index in [0.717, 1.165) is 55.7 Å². The molecule has 256 valence electrons. The molecule has 1 aromatic carbocycles. The fourth-order valence-corrected chi connectivity index (χ4v) is 6.72. The SMILES string of the molecule is CCC(C)(C)CC1(C)CCN(c2c(C(OC(C)(C)C)C(=O)OC)c(C)cc3nc(C(O)NC(C#N)Cc4ccc(F)cc4)cn23)CC1. The molecule has 4 rings (SSSR count). The highest BCUT2D eigenvalue weighted by Gasteiger charge is 2.39. The summed E-state index contributed by atoms with van der Waals surface area (Å²) in [5.41, 5.74) is 3.01. The minimum absolute atomic E-state index is 0.180. The normalized spacial score (nSPS) is 17.3. The number of aliphatic hydroxyl groups is 1. The summed E-state index contributed by atoms with van der Waals surface area (Å²) in [5, 5.41) is 24.1. The maximum Gasteiger partial charge on any atom is 0.339 e. The fraction of sp³-hybridized carbons (Fsp3) is 0.595. The summed E-state index contributed by atoms with van der Waals surface area (Å²) in [6.07, 6.45) is 4.01. The number of rotatable bonds is 12. The molecule has 10 heteroatoms. The Balaban J connectivity index is 1.76. The lowest BCUT2D eigenvalue weighted by atomic mass is 9.68. The minimum Gasteiger partial charge on any atom is -0.467 e. The van der Waals surface area contributed by atoms with E-state index in [2.05, 4.69) is 44.0 Å². The number of esters is 1. The van der Waals surface area contributed by atoms with Crippen LogP contribution in [-0.2, 0) is 20.7 Å². The average Bonchev–Trinajstić information content (AvgIpc) is 3.43. The van der Waals surface area contributed by atoms with Gasteiger partial charge in [0.15, 0.2) is 12.3 Å². The Morgan fingerprint density at radius 2 is 1.83 bits per heavy atom. The van der Waals surface area contributed by atoms with Gasteiger partial charge in [-0.15, -0.1) is 0 Å². The molecule has 1 saturated heterocycles. The topological polar surface area (TPSA) is 112 Å². The van der Waals surface area contributed by atoms with Crippen molar-refractivity contribution in [2.45, 2.75) is 111 Å². The van der Waals surface area contributed by atoms with Gasteiger partial charge in [0, 0.05) is 31.3 Å². The predicted molar refractivity (Wildman–Crippen MR) is 181 cm³/mol. The van der Waals surface area contributed by atoms with Crippen LogP contribution in [0, 0.1) is 34.9 Å². The van der Waals surface area contributed by atoms with Gasteiger partial charge in [0.1, 0.15) is 29.0 Å². The molecule has 47 heavy (non-hydrogen) atoms. The van der Waals surface area contributed by atoms with Crippen LogP contribution in [-0.4, -0.2) is 52.3 Å². The van der Waals surface area contributed by atoms with Crippen molar-refractivity contribution < 1.29 is 23.8 Å². The first-order valence-electron chi connectivity index (χ1n) is 16.6. The summed E-state index contributed by atoms with van der Waals surface area (Å²) in [5.74, 6) is -0.0590. The molecule has 0 saturated carbocycles. The number of nitrogens with one attached hydrogen (secondary N) is 1. The molecule has 3 unspecified atom stereocenters. The number of benzene rings is 1. The van der Waals surface area contributed by atoms with Gasteiger partial charge >= 0.3 is 5.97 Å². The second-order valence-electron chi connectivity index (χ2n) is 15.2. The number of ether oxygens (including phenoxy) is 2. The lowest BCUT2D eigenvalue weighted by Gasteiger charge is -2.45. The van der Waals surface area contributed by atoms with Gasteiger partial charge in [0.05, 0.1) is 18.8 Å². The van der Waals surface area contributed by atoms with Crippen LogP contribution in [0.5, 0.6) is 0 Å². The van der Waals surface area contributed by atoms with E-state index >= 15 is 0 Å². The van der Waals surface area contributed by atoms with Crippen LogP contribution in [0.25, 0.3) is 5.65 Å². The van der Waals surface area contributed by atoms with Gasteiger partial charge in [-0.2, -0.15) is 5.26 Å². The molecular formula is C37H52FN5O4. The first kappa shape index (κ1) is 36.3. The first-order valence-corrected chi connectivity index (χ1v) is 16.6. The number of halogens is 1. The van der Waals surface area contributed by atoms with Crippen molar-refractivity contribution in [1.82, 2.24) is 14.7 Å². The summed E-state index contributed by atoms with van der Waals surface area (Å²) in [6, 6.07) is 9.28. The second-order valence-corrected chi connectivity index (χ2v) is 15.2. The zero-order chi connectivity index (χ0) is 34.7. The molecule has 0 spiro atoms. The third-order valence-electron chi connectivity index (χ3n) is 9.42. The highest BCUT2D eigenvalue weighted by atomic mass is 19.1. The van der Waals surface area contributed by atoms with Crippen molar-refractivity contribution in [2.75, 3.05) is 25.1 Å². The zero-order valence-electron chi connectivity index (χ0n) is 29.5. The highest BCUT2D eigenvalue weighted by molar-refractivity contribution is 5.80. The lowest BCUT2D eigenvalue weighted by Crippen LogP contribution is -2.42. The van der Waals surface area contributed by atoms with E-state index < -0.39 is 29.9 Å². The number of aromatic nitrogens is 2. The molecular weight excluding hydrogens is 597 g/mol. The van der Waals surface area contributed by atoms with Crippen molar-refractivity contribution >= 4 is 17.4 Å². The molecule has 3 atom stereocenters. The van der Waals surface area contributed by atoms with Crippen LogP contribution in [0.1, 0.15) is 109 Å². The zero-order valence-corrected chi connectivity index (χ0v) is 29.5. The van der Waals surface area contributed by atoms with Crippen LogP contribution in [0.4, 0.5) is 10.2 Å². The molecule has 2 aromatic heterocycles. The number of carbonyl (C=O) groups is 1. The van der Waals surface area contributed by atoms with Crippen LogP contribution < -0.4 is 10.2 Å². The van der Waals surface area contributed by atoms with E-state index in [9.17, 15) is 19.6 Å². The van der Waals surface area contributed by atoms with Crippen LogP contribution in [0.15, 0.2) is 36.5 Å². The molecule has 0 amide bonds. The number of carbonyl (C=O) groups excluding carboxylic acids is 1. The number of methoxy groups -OCH3 is 1. The maximum absolute atomic E-state index is 13.4. The van der Waals surface area contributed by atoms with E-state index in [1.807, 2.05) is 38.2 Å². The molecule has 3 heterocycles. The van der Waals surface area contributed by atoms with E-state index in [1.54, 1.807) is 18.3 Å². The number of piperidine rings is 1. The van der Waals surface area contributed by atoms with Crippen molar-refractivity contribution in [3.8, 4) is 6.07 Å². The number of aliphatic hydroxyl groups excluding tert-OH is 1. The van der Waals surface area contributed by atoms with Crippen LogP contribution >= 0.6 is 0 Å². The van der Waals surface area contributed by atoms with Crippen molar-refractivity contribution in [1.29, 1.82) is 5.26 Å². The Labute approximate surface area is 279 Å². The average molecular weight is 650 g/mol. The molecule has 0 aliphatic carbocycles. The van der Waals surface area contributed by atoms with Gasteiger partial charge in [-0.3, -0.25) is 9.72 Å². The number of imidazole rings is 1. The molecule has 3 aromatic rings. The van der Waals surface area contributed by atoms with Gasteiger partial charge in [0.25, 0.3) is 0 Å². The molecule has 2 N–H and O–H groups in total. The highest BCUT2D eigenvalue weighted by Crippen LogP contribution is 2.45. The van der Waals surface area contributed by atoms with Crippen LogP contribution in [0.2, 0.25) is 0 Å². The van der Waals surface area contributed by atoms with Crippen molar-refractivity contribution in [2.24, 2.45) is 10.8 Å². The first-order chi connectivity index (χ1) is 22.0. The number of hydrogen-bond donors (Lipinski definition) is 2. The largest absolute Gasteiger partial charge is 0.467 e. The Morgan fingerprint density at radius 3 is 2.38 bits per heavy atom. The summed E-state index contributed by atoms with van der Waals surface area (Å²) in [7, 11) is 1.37. The molecule has 1 fully saturated rings. The van der Waals surface area contributed by atoms with Crippen molar-refractivity contribution in [3.63, 3.8) is 0 Å². The predicted octanol–water partition coefficient (Wildman–Crippen LogP) is 6.96. The second kappa shape index (κ2) is 14.3. The van der Waals surface area contributed by atoms with Gasteiger partial charge in [-0.1, -0.05) is 46.2 Å². The Hall–Kier alpha value is -3.52. The van der Waals surface area contributed by atoms with Gasteiger partial charge < -0.3 is 19.5 Å². The van der Waals surface area contributed by atoms with E-state index in [4.69, 9.17) is 14.5 Å².